The lowest BCUT2D eigenvalue weighted by Crippen LogP contribution is -2.09. The Hall–Kier alpha value is -7.51. The van der Waals surface area contributed by atoms with Gasteiger partial charge in [0.15, 0.2) is 17.5 Å². The zero-order valence-electron chi connectivity index (χ0n) is 30.2. The van der Waals surface area contributed by atoms with Crippen LogP contribution in [0.15, 0.2) is 174 Å². The molecule has 0 aliphatic heterocycles. The van der Waals surface area contributed by atoms with E-state index < -0.39 is 0 Å². The van der Waals surface area contributed by atoms with E-state index in [1.54, 1.807) is 0 Å². The largest absolute Gasteiger partial charge is 0.455 e. The van der Waals surface area contributed by atoms with Crippen molar-refractivity contribution in [3.63, 3.8) is 0 Å². The molecule has 0 unspecified atom stereocenters. The molecule has 7 heteroatoms. The number of rotatable bonds is 6. The summed E-state index contributed by atoms with van der Waals surface area (Å²) >= 11 is 0. The average molecular weight is 721 g/mol. The lowest BCUT2D eigenvalue weighted by molar-refractivity contribution is 0.673. The third-order valence-corrected chi connectivity index (χ3v) is 10.5. The summed E-state index contributed by atoms with van der Waals surface area (Å²) in [4.78, 5) is 26.3. The van der Waals surface area contributed by atoms with Crippen molar-refractivity contribution in [2.24, 2.45) is 0 Å². The van der Waals surface area contributed by atoms with Gasteiger partial charge in [-0.25, -0.2) is 15.0 Å². The van der Waals surface area contributed by atoms with Gasteiger partial charge in [-0.1, -0.05) is 146 Å². The molecule has 4 heterocycles. The molecule has 0 spiro atoms. The molecular weight excluding hydrogens is 689 g/mol. The minimum absolute atomic E-state index is 0.509. The van der Waals surface area contributed by atoms with Crippen molar-refractivity contribution >= 4 is 49.3 Å². The molecular formula is C49H32N6O. The summed E-state index contributed by atoms with van der Waals surface area (Å²) in [7, 11) is 0. The fraction of sp³-hybridized carbons (Fsp3) is 0.0408. The van der Waals surface area contributed by atoms with E-state index in [1.165, 1.54) is 0 Å². The normalized spacial score (nSPS) is 12.9. The Kier molecular flexibility index (Phi) is 7.48. The van der Waals surface area contributed by atoms with Crippen LogP contribution in [0.4, 0.5) is 0 Å². The van der Waals surface area contributed by atoms with Crippen molar-refractivity contribution < 1.29 is 4.42 Å². The number of fused-ring (bicyclic) bond motifs is 7. The van der Waals surface area contributed by atoms with Crippen molar-refractivity contribution in [3.05, 3.63) is 176 Å². The van der Waals surface area contributed by atoms with Gasteiger partial charge in [0.2, 0.25) is 5.95 Å². The fourth-order valence-corrected chi connectivity index (χ4v) is 7.90. The van der Waals surface area contributed by atoms with Crippen LogP contribution in [0.2, 0.25) is 0 Å². The average Bonchev–Trinajstić information content (AvgIpc) is 3.83. The lowest BCUT2D eigenvalue weighted by atomic mass is 10.0. The maximum Gasteiger partial charge on any atom is 0.238 e. The van der Waals surface area contributed by atoms with Crippen LogP contribution in [0.3, 0.4) is 0 Å². The fourth-order valence-electron chi connectivity index (χ4n) is 7.90. The summed E-state index contributed by atoms with van der Waals surface area (Å²) in [5.74, 6) is 2.36. The zero-order valence-corrected chi connectivity index (χ0v) is 30.2. The van der Waals surface area contributed by atoms with Gasteiger partial charge in [0.25, 0.3) is 0 Å². The van der Waals surface area contributed by atoms with Crippen LogP contribution < -0.4 is 0 Å². The molecule has 0 saturated heterocycles. The minimum Gasteiger partial charge on any atom is -0.455 e. The first-order valence-electron chi connectivity index (χ1n) is 18.8. The molecule has 0 radical (unpaired) electrons. The Morgan fingerprint density at radius 1 is 0.518 bits per heavy atom. The summed E-state index contributed by atoms with van der Waals surface area (Å²) in [6.45, 7) is 0. The van der Waals surface area contributed by atoms with Crippen LogP contribution in [0.25, 0.3) is 101 Å². The summed E-state index contributed by atoms with van der Waals surface area (Å²) in [5.41, 5.74) is 9.89. The molecule has 1 aliphatic rings. The second-order valence-electron chi connectivity index (χ2n) is 14.0. The molecule has 0 atom stereocenters. The molecule has 0 saturated carbocycles. The monoisotopic (exact) mass is 720 g/mol. The van der Waals surface area contributed by atoms with E-state index in [0.717, 1.165) is 95.8 Å². The molecule has 0 fully saturated rings. The minimum atomic E-state index is 0.509. The molecule has 0 bridgehead atoms. The van der Waals surface area contributed by atoms with Gasteiger partial charge in [-0.15, -0.1) is 0 Å². The molecule has 7 nitrogen and oxygen atoms in total. The van der Waals surface area contributed by atoms with E-state index in [1.807, 2.05) is 78.9 Å². The molecule has 1 aliphatic carbocycles. The lowest BCUT2D eigenvalue weighted by Gasteiger charge is -2.15. The maximum atomic E-state index is 6.79. The van der Waals surface area contributed by atoms with Gasteiger partial charge in [0.1, 0.15) is 11.2 Å². The van der Waals surface area contributed by atoms with Gasteiger partial charge < -0.3 is 4.42 Å². The Balaban J connectivity index is 1.30. The Morgan fingerprint density at radius 3 is 1.84 bits per heavy atom. The number of allylic oxidation sites excluding steroid dienone is 4. The number of hydrogen-bond acceptors (Lipinski definition) is 6. The van der Waals surface area contributed by atoms with E-state index in [2.05, 4.69) is 95.6 Å². The summed E-state index contributed by atoms with van der Waals surface area (Å²) < 4.78 is 8.94. The highest BCUT2D eigenvalue weighted by Gasteiger charge is 2.26. The van der Waals surface area contributed by atoms with Gasteiger partial charge >= 0.3 is 0 Å². The van der Waals surface area contributed by atoms with Gasteiger partial charge in [-0.3, -0.25) is 4.57 Å². The Labute approximate surface area is 322 Å². The second kappa shape index (κ2) is 13.1. The number of hydrogen-bond donors (Lipinski definition) is 0. The highest BCUT2D eigenvalue weighted by atomic mass is 16.3. The zero-order chi connectivity index (χ0) is 37.0. The molecule has 4 aromatic heterocycles. The molecule has 0 amide bonds. The summed E-state index contributed by atoms with van der Waals surface area (Å²) in [5, 5.41) is 3.97. The standard InChI is InChI=1S/C49H32N6O/c1-5-17-31(18-6-1)39-30-40(32-19-7-2-8-20-32)51-48(50-39)38-29-37-35-25-14-16-28-42(35)56-45(37)43-36-26-13-15-27-41(36)55(44(38)43)49-53-46(33-21-9-3-10-22-33)52-47(54-49)34-23-11-4-12-24-34/h1-11,13-23,25-30H,12,24H2. The second-order valence-corrected chi connectivity index (χ2v) is 14.0. The predicted molar refractivity (Wildman–Crippen MR) is 225 cm³/mol. The highest BCUT2D eigenvalue weighted by Crippen LogP contribution is 2.45. The smallest absolute Gasteiger partial charge is 0.238 e. The number of para-hydroxylation sites is 2. The van der Waals surface area contributed by atoms with Crippen LogP contribution >= 0.6 is 0 Å². The van der Waals surface area contributed by atoms with E-state index in [-0.39, 0.29) is 0 Å². The van der Waals surface area contributed by atoms with Crippen LogP contribution in [0.1, 0.15) is 18.7 Å². The number of nitrogens with zero attached hydrogens (tertiary/aromatic N) is 6. The van der Waals surface area contributed by atoms with Crippen LogP contribution in [-0.2, 0) is 0 Å². The number of benzene rings is 6. The maximum absolute atomic E-state index is 6.79. The van der Waals surface area contributed by atoms with Crippen molar-refractivity contribution in [1.29, 1.82) is 0 Å². The van der Waals surface area contributed by atoms with Crippen molar-refractivity contribution in [3.8, 4) is 51.2 Å². The van der Waals surface area contributed by atoms with Gasteiger partial charge in [0.05, 0.1) is 27.8 Å². The van der Waals surface area contributed by atoms with E-state index >= 15 is 0 Å². The van der Waals surface area contributed by atoms with Crippen molar-refractivity contribution in [2.45, 2.75) is 12.8 Å². The molecule has 0 N–H and O–H groups in total. The predicted octanol–water partition coefficient (Wildman–Crippen LogP) is 12.1. The van der Waals surface area contributed by atoms with Gasteiger partial charge in [0, 0.05) is 38.4 Å². The van der Waals surface area contributed by atoms with E-state index in [9.17, 15) is 0 Å². The quantitative estimate of drug-likeness (QED) is 0.170. The highest BCUT2D eigenvalue weighted by molar-refractivity contribution is 6.27. The summed E-state index contributed by atoms with van der Waals surface area (Å²) in [6.07, 6.45) is 8.14. The Bertz CT molecular complexity index is 3120. The van der Waals surface area contributed by atoms with Crippen molar-refractivity contribution in [2.75, 3.05) is 0 Å². The van der Waals surface area contributed by atoms with Crippen LogP contribution in [-0.4, -0.2) is 29.5 Å². The molecule has 11 rings (SSSR count). The molecule has 10 aromatic rings. The third kappa shape index (κ3) is 5.32. The first kappa shape index (κ1) is 32.0. The first-order valence-corrected chi connectivity index (χ1v) is 18.8. The SMILES string of the molecule is C1=CCCC(c2nc(-c3ccccc3)nc(-n3c4ccccc4c4c5oc6ccccc6c5cc(-c5nc(-c6ccccc6)cc(-c6ccccc6)n5)c43)n2)=C1. The molecule has 56 heavy (non-hydrogen) atoms. The molecule has 264 valence electrons. The topological polar surface area (TPSA) is 82.5 Å². The first-order chi connectivity index (χ1) is 27.8. The van der Waals surface area contributed by atoms with Gasteiger partial charge in [-0.2, -0.15) is 9.97 Å². The van der Waals surface area contributed by atoms with Crippen LogP contribution in [0.5, 0.6) is 0 Å². The van der Waals surface area contributed by atoms with Crippen molar-refractivity contribution in [1.82, 2.24) is 29.5 Å². The molecule has 6 aromatic carbocycles. The van der Waals surface area contributed by atoms with Gasteiger partial charge in [-0.05, 0) is 42.7 Å². The van der Waals surface area contributed by atoms with Crippen LogP contribution in [0, 0.1) is 0 Å². The van der Waals surface area contributed by atoms with E-state index in [4.69, 9.17) is 29.3 Å². The Morgan fingerprint density at radius 2 is 1.14 bits per heavy atom. The number of aromatic nitrogens is 6. The van der Waals surface area contributed by atoms with E-state index in [0.29, 0.717) is 23.4 Å². The number of furan rings is 1. The third-order valence-electron chi connectivity index (χ3n) is 10.5. The summed E-state index contributed by atoms with van der Waals surface area (Å²) in [6, 6.07) is 51.6.